The summed E-state index contributed by atoms with van der Waals surface area (Å²) in [5.74, 6) is 0.746. The van der Waals surface area contributed by atoms with Gasteiger partial charge in [0.25, 0.3) is 5.91 Å². The standard InChI is InChI=1S/C20H16F2N2O5S/c1-26-16-9-12(3-5-15(16)29-19(21)22)18(25)24-20-23-13(10-30-20)11-2-4-14-17(8-11)28-7-6-27-14/h2-5,8-10,19H,6-7H2,1H3,(H,23,24,25). The molecule has 0 spiro atoms. The maximum Gasteiger partial charge on any atom is 0.387 e. The van der Waals surface area contributed by atoms with Crippen molar-refractivity contribution in [2.24, 2.45) is 0 Å². The predicted octanol–water partition coefficient (Wildman–Crippen LogP) is 4.44. The van der Waals surface area contributed by atoms with Gasteiger partial charge in [0.15, 0.2) is 28.1 Å². The fraction of sp³-hybridized carbons (Fsp3) is 0.200. The fourth-order valence-corrected chi connectivity index (χ4v) is 3.55. The van der Waals surface area contributed by atoms with Gasteiger partial charge >= 0.3 is 6.61 Å². The van der Waals surface area contributed by atoms with Crippen LogP contribution in [0, 0.1) is 0 Å². The first kappa shape index (κ1) is 19.9. The largest absolute Gasteiger partial charge is 0.493 e. The van der Waals surface area contributed by atoms with Crippen LogP contribution in [0.25, 0.3) is 11.3 Å². The number of ether oxygens (including phenoxy) is 4. The molecule has 1 N–H and O–H groups in total. The second-order valence-electron chi connectivity index (χ2n) is 6.09. The monoisotopic (exact) mass is 434 g/mol. The minimum Gasteiger partial charge on any atom is -0.493 e. The van der Waals surface area contributed by atoms with Crippen molar-refractivity contribution in [1.82, 2.24) is 4.98 Å². The topological polar surface area (TPSA) is 78.9 Å². The maximum atomic E-state index is 12.5. The molecule has 7 nitrogen and oxygen atoms in total. The van der Waals surface area contributed by atoms with E-state index >= 15 is 0 Å². The lowest BCUT2D eigenvalue weighted by molar-refractivity contribution is -0.0512. The normalized spacial score (nSPS) is 12.5. The molecule has 30 heavy (non-hydrogen) atoms. The number of fused-ring (bicyclic) bond motifs is 1. The number of nitrogens with one attached hydrogen (secondary N) is 1. The molecule has 1 amide bonds. The molecule has 0 unspecified atom stereocenters. The van der Waals surface area contributed by atoms with Crippen molar-refractivity contribution in [2.75, 3.05) is 25.6 Å². The number of carbonyl (C=O) groups excluding carboxylic acids is 1. The lowest BCUT2D eigenvalue weighted by Crippen LogP contribution is -2.15. The first-order valence-corrected chi connectivity index (χ1v) is 9.71. The molecule has 0 radical (unpaired) electrons. The predicted molar refractivity (Wildman–Crippen MR) is 106 cm³/mol. The molecule has 4 rings (SSSR count). The number of halogens is 2. The Labute approximate surface area is 174 Å². The average Bonchev–Trinajstić information content (AvgIpc) is 3.21. The molecule has 0 saturated heterocycles. The molecular formula is C20H16F2N2O5S. The van der Waals surface area contributed by atoms with Gasteiger partial charge < -0.3 is 18.9 Å². The van der Waals surface area contributed by atoms with Crippen molar-refractivity contribution in [3.05, 3.63) is 47.3 Å². The number of hydrogen-bond acceptors (Lipinski definition) is 7. The zero-order valence-corrected chi connectivity index (χ0v) is 16.5. The van der Waals surface area contributed by atoms with Crippen molar-refractivity contribution in [2.45, 2.75) is 6.61 Å². The van der Waals surface area contributed by atoms with Gasteiger partial charge in [0, 0.05) is 16.5 Å². The minimum atomic E-state index is -2.99. The number of aromatic nitrogens is 1. The number of nitrogens with zero attached hydrogens (tertiary/aromatic N) is 1. The highest BCUT2D eigenvalue weighted by Crippen LogP contribution is 2.35. The van der Waals surface area contributed by atoms with Crippen LogP contribution in [0.15, 0.2) is 41.8 Å². The molecule has 0 aliphatic carbocycles. The molecule has 2 heterocycles. The number of hydrogen-bond donors (Lipinski definition) is 1. The van der Waals surface area contributed by atoms with Crippen molar-refractivity contribution in [3.63, 3.8) is 0 Å². The summed E-state index contributed by atoms with van der Waals surface area (Å²) in [5.41, 5.74) is 1.71. The second-order valence-corrected chi connectivity index (χ2v) is 6.95. The third kappa shape index (κ3) is 4.28. The van der Waals surface area contributed by atoms with E-state index in [1.54, 1.807) is 5.38 Å². The van der Waals surface area contributed by atoms with Gasteiger partial charge in [0.2, 0.25) is 0 Å². The lowest BCUT2D eigenvalue weighted by Gasteiger charge is -2.18. The van der Waals surface area contributed by atoms with E-state index in [2.05, 4.69) is 15.0 Å². The Bertz CT molecular complexity index is 1070. The summed E-state index contributed by atoms with van der Waals surface area (Å²) < 4.78 is 45.4. The summed E-state index contributed by atoms with van der Waals surface area (Å²) in [6, 6.07) is 9.45. The summed E-state index contributed by atoms with van der Waals surface area (Å²) in [5, 5.41) is 4.88. The second kappa shape index (κ2) is 8.54. The van der Waals surface area contributed by atoms with E-state index < -0.39 is 12.5 Å². The van der Waals surface area contributed by atoms with E-state index in [1.165, 1.54) is 36.6 Å². The van der Waals surface area contributed by atoms with Crippen LogP contribution in [-0.4, -0.2) is 37.8 Å². The van der Waals surface area contributed by atoms with Gasteiger partial charge in [-0.1, -0.05) is 0 Å². The van der Waals surface area contributed by atoms with Crippen molar-refractivity contribution >= 4 is 22.4 Å². The minimum absolute atomic E-state index is 0.0269. The van der Waals surface area contributed by atoms with Crippen LogP contribution in [0.2, 0.25) is 0 Å². The fourth-order valence-electron chi connectivity index (χ4n) is 2.84. The molecule has 10 heteroatoms. The van der Waals surface area contributed by atoms with E-state index in [9.17, 15) is 13.6 Å². The van der Waals surface area contributed by atoms with Gasteiger partial charge in [0.1, 0.15) is 13.2 Å². The Kier molecular flexibility index (Phi) is 5.66. The van der Waals surface area contributed by atoms with E-state index in [0.717, 1.165) is 5.56 Å². The summed E-state index contributed by atoms with van der Waals surface area (Å²) in [6.45, 7) is -1.99. The quantitative estimate of drug-likeness (QED) is 0.618. The van der Waals surface area contributed by atoms with E-state index in [0.29, 0.717) is 35.5 Å². The summed E-state index contributed by atoms with van der Waals surface area (Å²) in [6.07, 6.45) is 0. The number of anilines is 1. The van der Waals surface area contributed by atoms with Crippen LogP contribution in [0.3, 0.4) is 0 Å². The van der Waals surface area contributed by atoms with Crippen LogP contribution < -0.4 is 24.3 Å². The average molecular weight is 434 g/mol. The van der Waals surface area contributed by atoms with Crippen LogP contribution >= 0.6 is 11.3 Å². The maximum absolute atomic E-state index is 12.5. The van der Waals surface area contributed by atoms with Gasteiger partial charge in [-0.25, -0.2) is 4.98 Å². The van der Waals surface area contributed by atoms with Crippen molar-refractivity contribution < 1.29 is 32.5 Å². The molecule has 3 aromatic rings. The van der Waals surface area contributed by atoms with Crippen LogP contribution in [0.4, 0.5) is 13.9 Å². The van der Waals surface area contributed by atoms with Crippen molar-refractivity contribution in [1.29, 1.82) is 0 Å². The Hall–Kier alpha value is -3.40. The summed E-state index contributed by atoms with van der Waals surface area (Å²) in [7, 11) is 1.30. The molecule has 156 valence electrons. The van der Waals surface area contributed by atoms with Crippen LogP contribution in [0.5, 0.6) is 23.0 Å². The van der Waals surface area contributed by atoms with E-state index in [1.807, 2.05) is 18.2 Å². The molecule has 1 aliphatic heterocycles. The lowest BCUT2D eigenvalue weighted by atomic mass is 10.1. The highest BCUT2D eigenvalue weighted by Gasteiger charge is 2.17. The molecule has 0 atom stereocenters. The zero-order valence-electron chi connectivity index (χ0n) is 15.7. The molecule has 1 aromatic heterocycles. The zero-order chi connectivity index (χ0) is 21.1. The first-order chi connectivity index (χ1) is 14.5. The van der Waals surface area contributed by atoms with Gasteiger partial charge in [-0.15, -0.1) is 11.3 Å². The van der Waals surface area contributed by atoms with Crippen LogP contribution in [0.1, 0.15) is 10.4 Å². The Balaban J connectivity index is 1.49. The van der Waals surface area contributed by atoms with Gasteiger partial charge in [-0.3, -0.25) is 10.1 Å². The number of benzene rings is 2. The molecule has 1 aliphatic rings. The summed E-state index contributed by atoms with van der Waals surface area (Å²) in [4.78, 5) is 17.0. The number of carbonyl (C=O) groups is 1. The number of rotatable bonds is 6. The molecule has 2 aromatic carbocycles. The number of alkyl halides is 2. The molecule has 0 bridgehead atoms. The van der Waals surface area contributed by atoms with E-state index in [4.69, 9.17) is 14.2 Å². The number of amides is 1. The van der Waals surface area contributed by atoms with Gasteiger partial charge in [-0.05, 0) is 36.4 Å². The van der Waals surface area contributed by atoms with Crippen molar-refractivity contribution in [3.8, 4) is 34.3 Å². The van der Waals surface area contributed by atoms with E-state index in [-0.39, 0.29) is 17.1 Å². The highest BCUT2D eigenvalue weighted by atomic mass is 32.1. The van der Waals surface area contributed by atoms with Gasteiger partial charge in [-0.2, -0.15) is 8.78 Å². The smallest absolute Gasteiger partial charge is 0.387 e. The van der Waals surface area contributed by atoms with Gasteiger partial charge in [0.05, 0.1) is 12.8 Å². The summed E-state index contributed by atoms with van der Waals surface area (Å²) >= 11 is 1.26. The number of thiazole rings is 1. The third-order valence-corrected chi connectivity index (χ3v) is 4.96. The highest BCUT2D eigenvalue weighted by molar-refractivity contribution is 7.14. The van der Waals surface area contributed by atoms with Crippen LogP contribution in [-0.2, 0) is 0 Å². The Morgan fingerprint density at radius 1 is 1.13 bits per heavy atom. The first-order valence-electron chi connectivity index (χ1n) is 8.83. The number of methoxy groups -OCH3 is 1. The molecule has 0 fully saturated rings. The Morgan fingerprint density at radius 2 is 1.93 bits per heavy atom. The Morgan fingerprint density at radius 3 is 2.70 bits per heavy atom. The molecular weight excluding hydrogens is 418 g/mol. The third-order valence-electron chi connectivity index (χ3n) is 4.20. The molecule has 0 saturated carbocycles. The SMILES string of the molecule is COc1cc(C(=O)Nc2nc(-c3ccc4c(c3)OCCO4)cs2)ccc1OC(F)F.